The van der Waals surface area contributed by atoms with E-state index >= 15 is 0 Å². The molecule has 39 heavy (non-hydrogen) atoms. The molecule has 0 fully saturated rings. The maximum Gasteiger partial charge on any atom is 0.0719 e. The highest BCUT2D eigenvalue weighted by Crippen LogP contribution is 2.62. The van der Waals surface area contributed by atoms with Crippen LogP contribution in [-0.4, -0.2) is 0 Å². The van der Waals surface area contributed by atoms with Gasteiger partial charge in [0.15, 0.2) is 0 Å². The lowest BCUT2D eigenvalue weighted by Crippen LogP contribution is -2.40. The predicted molar refractivity (Wildman–Crippen MR) is 164 cm³/mol. The zero-order valence-electron chi connectivity index (χ0n) is 22.0. The number of rotatable bonds is 1. The second-order valence-electron chi connectivity index (χ2n) is 11.4. The number of hydrogen-bond acceptors (Lipinski definition) is 0. The van der Waals surface area contributed by atoms with Crippen molar-refractivity contribution in [1.82, 2.24) is 0 Å². The lowest BCUT2D eigenvalue weighted by molar-refractivity contribution is 0.563. The summed E-state index contributed by atoms with van der Waals surface area (Å²) in [6, 6.07) is 46.9. The fourth-order valence-electron chi connectivity index (χ4n) is 7.55. The molecule has 186 valence electrons. The van der Waals surface area contributed by atoms with Gasteiger partial charge in [0.05, 0.1) is 5.41 Å². The molecular weight excluding hydrogens is 492 g/mol. The summed E-state index contributed by atoms with van der Waals surface area (Å²) in [6.07, 6.45) is 0. The van der Waals surface area contributed by atoms with Crippen LogP contribution < -0.4 is 0 Å². The maximum atomic E-state index is 6.59. The molecule has 0 amide bonds. The van der Waals surface area contributed by atoms with Gasteiger partial charge in [-0.25, -0.2) is 0 Å². The Kier molecular flexibility index (Phi) is 4.65. The van der Waals surface area contributed by atoms with Crippen LogP contribution in [0.2, 0.25) is 5.02 Å². The zero-order valence-corrected chi connectivity index (χ0v) is 22.8. The minimum atomic E-state index is -0.352. The van der Waals surface area contributed by atoms with Gasteiger partial charge in [-0.05, 0) is 73.2 Å². The average molecular weight is 519 g/mol. The Hall–Kier alpha value is -4.13. The molecule has 0 saturated carbocycles. The molecule has 8 rings (SSSR count). The molecule has 2 aliphatic rings. The van der Waals surface area contributed by atoms with Crippen molar-refractivity contribution in [1.29, 1.82) is 0 Å². The Morgan fingerprint density at radius 3 is 1.67 bits per heavy atom. The summed E-state index contributed by atoms with van der Waals surface area (Å²) in [7, 11) is 0. The van der Waals surface area contributed by atoms with E-state index in [1.165, 1.54) is 61.0 Å². The van der Waals surface area contributed by atoms with Gasteiger partial charge in [-0.3, -0.25) is 0 Å². The first-order valence-electron chi connectivity index (χ1n) is 13.6. The number of hydrogen-bond donors (Lipinski definition) is 0. The first-order valence-corrected chi connectivity index (χ1v) is 14.0. The second-order valence-corrected chi connectivity index (χ2v) is 11.8. The van der Waals surface area contributed by atoms with Crippen LogP contribution in [0.1, 0.15) is 47.2 Å². The number of halogens is 1. The van der Waals surface area contributed by atoms with Gasteiger partial charge in [-0.2, -0.15) is 0 Å². The highest BCUT2D eigenvalue weighted by atomic mass is 35.5. The highest BCUT2D eigenvalue weighted by Gasteiger charge is 2.53. The summed E-state index contributed by atoms with van der Waals surface area (Å²) in [4.78, 5) is 0. The van der Waals surface area contributed by atoms with Crippen LogP contribution in [0.25, 0.3) is 33.0 Å². The fraction of sp³-hybridized carbons (Fsp3) is 0.105. The molecule has 0 nitrogen and oxygen atoms in total. The van der Waals surface area contributed by atoms with Gasteiger partial charge >= 0.3 is 0 Å². The minimum Gasteiger partial charge on any atom is -0.0837 e. The van der Waals surface area contributed by atoms with Crippen LogP contribution in [0, 0.1) is 0 Å². The summed E-state index contributed by atoms with van der Waals surface area (Å²) in [5.41, 5.74) is 12.9. The normalized spacial score (nSPS) is 15.5. The molecule has 0 N–H and O–H groups in total. The molecular formula is C38H27Cl. The Balaban J connectivity index is 1.48. The van der Waals surface area contributed by atoms with E-state index < -0.39 is 0 Å². The smallest absolute Gasteiger partial charge is 0.0719 e. The van der Waals surface area contributed by atoms with Crippen LogP contribution in [0.4, 0.5) is 0 Å². The van der Waals surface area contributed by atoms with E-state index in [2.05, 4.69) is 135 Å². The molecule has 0 heterocycles. The molecule has 2 aliphatic carbocycles. The van der Waals surface area contributed by atoms with E-state index in [9.17, 15) is 0 Å². The van der Waals surface area contributed by atoms with Crippen LogP contribution in [0.3, 0.4) is 0 Å². The molecule has 1 heteroatoms. The molecule has 0 saturated heterocycles. The summed E-state index contributed by atoms with van der Waals surface area (Å²) < 4.78 is 0. The first-order chi connectivity index (χ1) is 19.0. The minimum absolute atomic E-state index is 0.0850. The van der Waals surface area contributed by atoms with Crippen LogP contribution in [0.15, 0.2) is 127 Å². The van der Waals surface area contributed by atoms with E-state index in [1.54, 1.807) is 0 Å². The monoisotopic (exact) mass is 518 g/mol. The van der Waals surface area contributed by atoms with Crippen molar-refractivity contribution < 1.29 is 0 Å². The quantitative estimate of drug-likeness (QED) is 0.203. The summed E-state index contributed by atoms with van der Waals surface area (Å²) in [5.74, 6) is 0. The van der Waals surface area contributed by atoms with Crippen LogP contribution in [0.5, 0.6) is 0 Å². The average Bonchev–Trinajstić information content (AvgIpc) is 3.27. The predicted octanol–water partition coefficient (Wildman–Crippen LogP) is 10.2. The third-order valence-corrected chi connectivity index (χ3v) is 9.57. The van der Waals surface area contributed by atoms with E-state index in [-0.39, 0.29) is 10.8 Å². The summed E-state index contributed by atoms with van der Waals surface area (Å²) >= 11 is 6.59. The van der Waals surface area contributed by atoms with Crippen molar-refractivity contribution in [2.45, 2.75) is 24.7 Å². The molecule has 0 aromatic heterocycles. The SMILES string of the molecule is CC1(C)c2ccccc2C2(c3ccccc3-c3cc(-c4ccc(Cl)c5ccccc45)ccc32)c2ccccc21. The maximum absolute atomic E-state index is 6.59. The third kappa shape index (κ3) is 2.85. The standard InChI is InChI=1S/C38H27Cl/c1-37(2)32-15-7-9-17-34(32)38(35-18-10-8-16-33(35)37)30-14-6-5-12-27(30)29-23-24(19-21-31(29)38)25-20-22-36(39)28-13-4-3-11-26(25)28/h3-23H,1-2H3. The highest BCUT2D eigenvalue weighted by molar-refractivity contribution is 6.36. The molecule has 0 atom stereocenters. The lowest BCUT2D eigenvalue weighted by atomic mass is 9.55. The van der Waals surface area contributed by atoms with Crippen molar-refractivity contribution in [3.8, 4) is 22.3 Å². The number of fused-ring (bicyclic) bond motifs is 10. The summed E-state index contributed by atoms with van der Waals surface area (Å²) in [6.45, 7) is 4.74. The first kappa shape index (κ1) is 22.8. The van der Waals surface area contributed by atoms with Crippen molar-refractivity contribution in [2.75, 3.05) is 0 Å². The van der Waals surface area contributed by atoms with E-state index in [0.29, 0.717) is 0 Å². The Labute approximate surface area is 234 Å². The molecule has 6 aromatic rings. The van der Waals surface area contributed by atoms with Gasteiger partial charge in [-0.1, -0.05) is 141 Å². The molecule has 6 aromatic carbocycles. The largest absolute Gasteiger partial charge is 0.0837 e. The molecule has 0 radical (unpaired) electrons. The van der Waals surface area contributed by atoms with Gasteiger partial charge in [0.1, 0.15) is 0 Å². The van der Waals surface area contributed by atoms with Crippen molar-refractivity contribution in [3.05, 3.63) is 166 Å². The van der Waals surface area contributed by atoms with Gasteiger partial charge in [-0.15, -0.1) is 0 Å². The number of benzene rings is 6. The molecule has 0 unspecified atom stereocenters. The van der Waals surface area contributed by atoms with Crippen LogP contribution >= 0.6 is 11.6 Å². The van der Waals surface area contributed by atoms with Gasteiger partial charge in [0.25, 0.3) is 0 Å². The Bertz CT molecular complexity index is 1910. The summed E-state index contributed by atoms with van der Waals surface area (Å²) in [5, 5.41) is 3.06. The van der Waals surface area contributed by atoms with Crippen molar-refractivity contribution in [2.24, 2.45) is 0 Å². The zero-order chi connectivity index (χ0) is 26.4. The van der Waals surface area contributed by atoms with Gasteiger partial charge < -0.3 is 0 Å². The topological polar surface area (TPSA) is 0 Å². The van der Waals surface area contributed by atoms with E-state index in [0.717, 1.165) is 10.4 Å². The Morgan fingerprint density at radius 2 is 0.974 bits per heavy atom. The van der Waals surface area contributed by atoms with Crippen LogP contribution in [-0.2, 0) is 10.8 Å². The lowest BCUT2D eigenvalue weighted by Gasteiger charge is -2.46. The molecule has 1 spiro atoms. The van der Waals surface area contributed by atoms with E-state index in [1.807, 2.05) is 6.07 Å². The van der Waals surface area contributed by atoms with Gasteiger partial charge in [0, 0.05) is 15.8 Å². The van der Waals surface area contributed by atoms with E-state index in [4.69, 9.17) is 11.6 Å². The van der Waals surface area contributed by atoms with Crippen molar-refractivity contribution >= 4 is 22.4 Å². The van der Waals surface area contributed by atoms with Gasteiger partial charge in [0.2, 0.25) is 0 Å². The fourth-order valence-corrected chi connectivity index (χ4v) is 7.77. The van der Waals surface area contributed by atoms with Crippen molar-refractivity contribution in [3.63, 3.8) is 0 Å². The third-order valence-electron chi connectivity index (χ3n) is 9.24. The Morgan fingerprint density at radius 1 is 0.436 bits per heavy atom. The molecule has 0 bridgehead atoms. The molecule has 0 aliphatic heterocycles. The second kappa shape index (κ2) is 7.94.